The number of carbonyl (C=O) groups excluding carboxylic acids is 2. The van der Waals surface area contributed by atoms with Gasteiger partial charge in [-0.15, -0.1) is 0 Å². The van der Waals surface area contributed by atoms with Crippen molar-refractivity contribution in [1.82, 2.24) is 9.80 Å². The number of nitrogens with one attached hydrogen (secondary N) is 1. The van der Waals surface area contributed by atoms with Crippen molar-refractivity contribution in [3.63, 3.8) is 0 Å². The molecule has 3 aliphatic rings. The Morgan fingerprint density at radius 3 is 2.44 bits per heavy atom. The Balaban J connectivity index is 1.38. The van der Waals surface area contributed by atoms with Crippen LogP contribution in [0.3, 0.4) is 0 Å². The quantitative estimate of drug-likeness (QED) is 0.917. The third kappa shape index (κ3) is 3.23. The van der Waals surface area contributed by atoms with Gasteiger partial charge in [-0.2, -0.15) is 0 Å². The number of hydrogen-bond acceptors (Lipinski definition) is 3. The number of urea groups is 1. The van der Waals surface area contributed by atoms with Gasteiger partial charge in [0.15, 0.2) is 0 Å². The first kappa shape index (κ1) is 16.4. The van der Waals surface area contributed by atoms with Gasteiger partial charge in [-0.25, -0.2) is 4.79 Å². The van der Waals surface area contributed by atoms with Crippen LogP contribution in [0.2, 0.25) is 0 Å². The first-order valence-electron chi connectivity index (χ1n) is 9.19. The maximum Gasteiger partial charge on any atom is 0.321 e. The average Bonchev–Trinajstić information content (AvgIpc) is 3.20. The number of nitrogens with zero attached hydrogens (tertiary/aromatic N) is 3. The molecular weight excluding hydrogens is 316 g/mol. The van der Waals surface area contributed by atoms with Crippen LogP contribution in [0.4, 0.5) is 16.2 Å². The number of likely N-dealkylation sites (N-methyl/N-ethyl adjacent to an activating group) is 1. The molecule has 2 aliphatic heterocycles. The minimum atomic E-state index is -0.0267. The molecule has 1 saturated carbocycles. The van der Waals surface area contributed by atoms with Crippen LogP contribution in [0.1, 0.15) is 26.2 Å². The van der Waals surface area contributed by atoms with Crippen molar-refractivity contribution < 1.29 is 9.59 Å². The number of fused-ring (bicyclic) bond motifs is 1. The molecule has 4 rings (SSSR count). The van der Waals surface area contributed by atoms with Crippen molar-refractivity contribution in [2.75, 3.05) is 36.9 Å². The van der Waals surface area contributed by atoms with E-state index in [2.05, 4.69) is 17.3 Å². The highest BCUT2D eigenvalue weighted by atomic mass is 16.2. The fourth-order valence-corrected chi connectivity index (χ4v) is 4.23. The molecule has 1 N–H and O–H groups in total. The Hall–Kier alpha value is -2.08. The summed E-state index contributed by atoms with van der Waals surface area (Å²) < 4.78 is 0. The van der Waals surface area contributed by atoms with E-state index < -0.39 is 0 Å². The largest absolute Gasteiger partial charge is 0.323 e. The van der Waals surface area contributed by atoms with Gasteiger partial charge < -0.3 is 20.0 Å². The molecular formula is C19H26N4O2. The highest BCUT2D eigenvalue weighted by Gasteiger charge is 2.41. The summed E-state index contributed by atoms with van der Waals surface area (Å²) in [7, 11) is 2.14. The van der Waals surface area contributed by atoms with Crippen LogP contribution in [0.25, 0.3) is 0 Å². The third-order valence-corrected chi connectivity index (χ3v) is 5.76. The smallest absolute Gasteiger partial charge is 0.321 e. The van der Waals surface area contributed by atoms with Gasteiger partial charge in [0.05, 0.1) is 0 Å². The number of hydrogen-bond donors (Lipinski definition) is 1. The lowest BCUT2D eigenvalue weighted by atomic mass is 10.1. The van der Waals surface area contributed by atoms with Gasteiger partial charge >= 0.3 is 6.03 Å². The third-order valence-electron chi connectivity index (χ3n) is 5.76. The maximum atomic E-state index is 12.5. The first-order valence-corrected chi connectivity index (χ1v) is 9.19. The molecule has 0 unspecified atom stereocenters. The Morgan fingerprint density at radius 1 is 1.12 bits per heavy atom. The minimum Gasteiger partial charge on any atom is -0.323 e. The molecule has 2 heterocycles. The van der Waals surface area contributed by atoms with Crippen LogP contribution in [0.15, 0.2) is 24.3 Å². The van der Waals surface area contributed by atoms with Gasteiger partial charge in [-0.3, -0.25) is 4.79 Å². The monoisotopic (exact) mass is 342 g/mol. The molecule has 3 fully saturated rings. The Labute approximate surface area is 148 Å². The number of carbonyl (C=O) groups is 2. The van der Waals surface area contributed by atoms with Gasteiger partial charge in [-0.1, -0.05) is 0 Å². The molecule has 0 bridgehead atoms. The summed E-state index contributed by atoms with van der Waals surface area (Å²) in [6, 6.07) is 8.43. The van der Waals surface area contributed by atoms with Crippen LogP contribution in [-0.4, -0.2) is 60.5 Å². The second kappa shape index (κ2) is 6.33. The summed E-state index contributed by atoms with van der Waals surface area (Å²) >= 11 is 0. The predicted octanol–water partition coefficient (Wildman–Crippen LogP) is 2.37. The highest BCUT2D eigenvalue weighted by molar-refractivity contribution is 5.94. The van der Waals surface area contributed by atoms with Crippen LogP contribution in [0.5, 0.6) is 0 Å². The average molecular weight is 342 g/mol. The van der Waals surface area contributed by atoms with Crippen LogP contribution < -0.4 is 10.2 Å². The lowest BCUT2D eigenvalue weighted by Gasteiger charge is -2.22. The molecule has 1 aromatic rings. The van der Waals surface area contributed by atoms with Gasteiger partial charge in [0.2, 0.25) is 5.91 Å². The summed E-state index contributed by atoms with van der Waals surface area (Å²) in [5.74, 6) is 0.688. The van der Waals surface area contributed by atoms with Gasteiger partial charge in [0.25, 0.3) is 0 Å². The summed E-state index contributed by atoms with van der Waals surface area (Å²) in [5.41, 5.74) is 1.68. The van der Waals surface area contributed by atoms with Crippen molar-refractivity contribution in [2.24, 2.45) is 5.92 Å². The van der Waals surface area contributed by atoms with E-state index in [0.717, 1.165) is 43.9 Å². The van der Waals surface area contributed by atoms with E-state index in [1.807, 2.05) is 34.1 Å². The van der Waals surface area contributed by atoms with E-state index in [0.29, 0.717) is 18.0 Å². The number of likely N-dealkylation sites (tertiary alicyclic amines) is 2. The predicted molar refractivity (Wildman–Crippen MR) is 97.7 cm³/mol. The lowest BCUT2D eigenvalue weighted by Crippen LogP contribution is -2.37. The normalized spacial score (nSPS) is 25.8. The van der Waals surface area contributed by atoms with E-state index in [1.54, 1.807) is 6.92 Å². The molecule has 6 heteroatoms. The molecule has 0 radical (unpaired) electrons. The summed E-state index contributed by atoms with van der Waals surface area (Å²) in [6.45, 7) is 4.40. The highest BCUT2D eigenvalue weighted by Crippen LogP contribution is 2.33. The van der Waals surface area contributed by atoms with Crippen molar-refractivity contribution in [1.29, 1.82) is 0 Å². The topological polar surface area (TPSA) is 55.9 Å². The van der Waals surface area contributed by atoms with Crippen LogP contribution in [0, 0.1) is 5.92 Å². The van der Waals surface area contributed by atoms with E-state index in [9.17, 15) is 9.59 Å². The molecule has 3 amide bonds. The van der Waals surface area contributed by atoms with Crippen LogP contribution >= 0.6 is 0 Å². The van der Waals surface area contributed by atoms with E-state index in [1.165, 1.54) is 6.42 Å². The van der Waals surface area contributed by atoms with Gasteiger partial charge in [0.1, 0.15) is 0 Å². The zero-order valence-electron chi connectivity index (χ0n) is 14.9. The number of rotatable bonds is 3. The fraction of sp³-hybridized carbons (Fsp3) is 0.579. The Morgan fingerprint density at radius 2 is 1.84 bits per heavy atom. The fourth-order valence-electron chi connectivity index (χ4n) is 4.23. The Kier molecular flexibility index (Phi) is 4.15. The number of benzene rings is 1. The molecule has 2 atom stereocenters. The number of amides is 3. The Bertz CT molecular complexity index is 671. The van der Waals surface area contributed by atoms with Crippen molar-refractivity contribution in [3.05, 3.63) is 24.3 Å². The second-order valence-electron chi connectivity index (χ2n) is 7.60. The van der Waals surface area contributed by atoms with Crippen molar-refractivity contribution in [2.45, 2.75) is 38.3 Å². The molecule has 0 aromatic heterocycles. The first-order chi connectivity index (χ1) is 12.0. The second-order valence-corrected chi connectivity index (χ2v) is 7.60. The van der Waals surface area contributed by atoms with Gasteiger partial charge in [-0.05, 0) is 63.0 Å². The molecule has 0 spiro atoms. The lowest BCUT2D eigenvalue weighted by molar-refractivity contribution is -0.116. The summed E-state index contributed by atoms with van der Waals surface area (Å²) in [6.07, 6.45) is 3.33. The SMILES string of the molecule is CC(=O)N(c1ccc(NC(=O)N2C[C@H]3CCN(C)[C@H]3C2)cc1)C1CC1. The van der Waals surface area contributed by atoms with Crippen molar-refractivity contribution >= 4 is 23.3 Å². The van der Waals surface area contributed by atoms with Crippen molar-refractivity contribution in [3.8, 4) is 0 Å². The molecule has 2 saturated heterocycles. The minimum absolute atomic E-state index is 0.0267. The molecule has 134 valence electrons. The van der Waals surface area contributed by atoms with Crippen LogP contribution in [-0.2, 0) is 4.79 Å². The molecule has 6 nitrogen and oxygen atoms in total. The van der Waals surface area contributed by atoms with Gasteiger partial charge in [0, 0.05) is 43.5 Å². The number of anilines is 2. The zero-order valence-corrected chi connectivity index (χ0v) is 14.9. The van der Waals surface area contributed by atoms with E-state index in [-0.39, 0.29) is 11.9 Å². The standard InChI is InChI=1S/C19H26N4O2/c1-13(24)23(17-7-8-17)16-5-3-15(4-6-16)20-19(25)22-11-14-9-10-21(2)18(14)12-22/h3-6,14,17-18H,7-12H2,1-2H3,(H,20,25)/t14-,18+/m1/s1. The maximum absolute atomic E-state index is 12.5. The van der Waals surface area contributed by atoms with E-state index in [4.69, 9.17) is 0 Å². The molecule has 25 heavy (non-hydrogen) atoms. The zero-order chi connectivity index (χ0) is 17.6. The summed E-state index contributed by atoms with van der Waals surface area (Å²) in [5, 5.41) is 2.99. The molecule has 1 aliphatic carbocycles. The van der Waals surface area contributed by atoms with E-state index >= 15 is 0 Å². The summed E-state index contributed by atoms with van der Waals surface area (Å²) in [4.78, 5) is 30.5. The molecule has 1 aromatic carbocycles.